The summed E-state index contributed by atoms with van der Waals surface area (Å²) in [5, 5.41) is 3.28. The van der Waals surface area contributed by atoms with Gasteiger partial charge in [0, 0.05) is 24.8 Å². The van der Waals surface area contributed by atoms with Gasteiger partial charge in [-0.25, -0.2) is 0 Å². The Kier molecular flexibility index (Phi) is 4.06. The first kappa shape index (κ1) is 12.4. The Hall–Kier alpha value is -1.02. The van der Waals surface area contributed by atoms with Crippen LogP contribution in [0.3, 0.4) is 0 Å². The summed E-state index contributed by atoms with van der Waals surface area (Å²) >= 11 is 0. The van der Waals surface area contributed by atoms with Crippen LogP contribution in [0.4, 0.5) is 5.69 Å². The highest BCUT2D eigenvalue weighted by molar-refractivity contribution is 5.56. The van der Waals surface area contributed by atoms with Crippen LogP contribution in [0.25, 0.3) is 0 Å². The van der Waals surface area contributed by atoms with Crippen molar-refractivity contribution in [3.8, 4) is 0 Å². The van der Waals surface area contributed by atoms with E-state index in [4.69, 9.17) is 0 Å². The first-order valence-electron chi connectivity index (χ1n) is 6.73. The normalized spacial score (nSPS) is 20.6. The van der Waals surface area contributed by atoms with Crippen molar-refractivity contribution in [2.24, 2.45) is 0 Å². The molecule has 0 spiro atoms. The average molecular weight is 232 g/mol. The number of nitrogens with zero attached hydrogens (tertiary/aromatic N) is 1. The van der Waals surface area contributed by atoms with E-state index < -0.39 is 0 Å². The van der Waals surface area contributed by atoms with Gasteiger partial charge in [-0.2, -0.15) is 0 Å². The van der Waals surface area contributed by atoms with E-state index in [0.717, 1.165) is 6.54 Å². The predicted octanol–water partition coefficient (Wildman–Crippen LogP) is 3.09. The molecule has 1 fully saturated rings. The van der Waals surface area contributed by atoms with E-state index in [1.165, 1.54) is 42.6 Å². The molecule has 1 aromatic rings. The summed E-state index contributed by atoms with van der Waals surface area (Å²) in [6.07, 6.45) is 4.04. The molecule has 1 N–H and O–H groups in total. The van der Waals surface area contributed by atoms with Crippen LogP contribution in [0.2, 0.25) is 0 Å². The van der Waals surface area contributed by atoms with E-state index in [9.17, 15) is 0 Å². The second kappa shape index (κ2) is 5.54. The second-order valence-electron chi connectivity index (χ2n) is 5.20. The summed E-state index contributed by atoms with van der Waals surface area (Å²) < 4.78 is 0. The summed E-state index contributed by atoms with van der Waals surface area (Å²) in [4.78, 5) is 2.58. The van der Waals surface area contributed by atoms with Crippen molar-refractivity contribution < 1.29 is 0 Å². The van der Waals surface area contributed by atoms with E-state index in [2.05, 4.69) is 42.3 Å². The predicted molar refractivity (Wildman–Crippen MR) is 74.6 cm³/mol. The maximum Gasteiger partial charge on any atom is 0.0414 e. The number of hydrogen-bond acceptors (Lipinski definition) is 2. The zero-order chi connectivity index (χ0) is 12.3. The lowest BCUT2D eigenvalue weighted by Gasteiger charge is -2.37. The van der Waals surface area contributed by atoms with E-state index >= 15 is 0 Å². The number of benzene rings is 1. The van der Waals surface area contributed by atoms with E-state index in [1.54, 1.807) is 0 Å². The Bertz CT molecular complexity index is 373. The van der Waals surface area contributed by atoms with Crippen LogP contribution in [0.15, 0.2) is 18.2 Å². The lowest BCUT2D eigenvalue weighted by Crippen LogP contribution is -2.38. The molecule has 2 heteroatoms. The maximum atomic E-state index is 3.28. The number of nitrogens with one attached hydrogen (secondary N) is 1. The minimum absolute atomic E-state index is 0.682. The monoisotopic (exact) mass is 232 g/mol. The Morgan fingerprint density at radius 1 is 1.35 bits per heavy atom. The van der Waals surface area contributed by atoms with Crippen LogP contribution in [0.1, 0.15) is 37.3 Å². The zero-order valence-corrected chi connectivity index (χ0v) is 11.3. The first-order chi connectivity index (χ1) is 8.22. The van der Waals surface area contributed by atoms with Gasteiger partial charge in [0.2, 0.25) is 0 Å². The number of piperidine rings is 1. The van der Waals surface area contributed by atoms with Gasteiger partial charge in [-0.1, -0.05) is 17.7 Å². The van der Waals surface area contributed by atoms with Crippen molar-refractivity contribution in [1.82, 2.24) is 5.32 Å². The van der Waals surface area contributed by atoms with Crippen molar-refractivity contribution in [2.75, 3.05) is 18.5 Å². The fourth-order valence-corrected chi connectivity index (χ4v) is 2.78. The molecular formula is C15H24N2. The molecule has 0 bridgehead atoms. The molecular weight excluding hydrogens is 208 g/mol. The van der Waals surface area contributed by atoms with Crippen molar-refractivity contribution in [3.05, 3.63) is 29.3 Å². The van der Waals surface area contributed by atoms with Crippen LogP contribution in [-0.2, 0) is 6.54 Å². The molecule has 0 aliphatic carbocycles. The van der Waals surface area contributed by atoms with Crippen LogP contribution >= 0.6 is 0 Å². The number of rotatable bonds is 3. The van der Waals surface area contributed by atoms with Crippen LogP contribution < -0.4 is 10.2 Å². The lowest BCUT2D eigenvalue weighted by molar-refractivity contribution is 0.483. The Labute approximate surface area is 105 Å². The molecule has 0 saturated carbocycles. The van der Waals surface area contributed by atoms with E-state index in [1.807, 2.05) is 7.05 Å². The van der Waals surface area contributed by atoms with Gasteiger partial charge in [-0.15, -0.1) is 0 Å². The molecule has 94 valence electrons. The summed E-state index contributed by atoms with van der Waals surface area (Å²) in [6, 6.07) is 7.52. The molecule has 1 heterocycles. The first-order valence-corrected chi connectivity index (χ1v) is 6.73. The highest BCUT2D eigenvalue weighted by atomic mass is 15.2. The molecule has 0 radical (unpaired) electrons. The average Bonchev–Trinajstić information content (AvgIpc) is 2.31. The highest BCUT2D eigenvalue weighted by Crippen LogP contribution is 2.28. The zero-order valence-electron chi connectivity index (χ0n) is 11.3. The summed E-state index contributed by atoms with van der Waals surface area (Å²) in [5.41, 5.74) is 4.21. The van der Waals surface area contributed by atoms with Gasteiger partial charge in [-0.3, -0.25) is 0 Å². The van der Waals surface area contributed by atoms with Gasteiger partial charge < -0.3 is 10.2 Å². The van der Waals surface area contributed by atoms with E-state index in [-0.39, 0.29) is 0 Å². The number of anilines is 1. The molecule has 0 amide bonds. The van der Waals surface area contributed by atoms with Crippen molar-refractivity contribution in [1.29, 1.82) is 0 Å². The van der Waals surface area contributed by atoms with E-state index in [0.29, 0.717) is 6.04 Å². The Morgan fingerprint density at radius 2 is 2.18 bits per heavy atom. The molecule has 2 rings (SSSR count). The third kappa shape index (κ3) is 2.81. The lowest BCUT2D eigenvalue weighted by atomic mass is 10.00. The minimum atomic E-state index is 0.682. The molecule has 1 atom stereocenters. The van der Waals surface area contributed by atoms with Crippen molar-refractivity contribution >= 4 is 5.69 Å². The van der Waals surface area contributed by atoms with Gasteiger partial charge >= 0.3 is 0 Å². The molecule has 1 unspecified atom stereocenters. The van der Waals surface area contributed by atoms with Crippen LogP contribution in [0.5, 0.6) is 0 Å². The molecule has 1 aromatic carbocycles. The number of hydrogen-bond donors (Lipinski definition) is 1. The minimum Gasteiger partial charge on any atom is -0.369 e. The summed E-state index contributed by atoms with van der Waals surface area (Å²) in [6.45, 7) is 6.69. The third-order valence-electron chi connectivity index (χ3n) is 3.71. The third-order valence-corrected chi connectivity index (χ3v) is 3.71. The van der Waals surface area contributed by atoms with Gasteiger partial charge in [0.05, 0.1) is 0 Å². The smallest absolute Gasteiger partial charge is 0.0414 e. The fraction of sp³-hybridized carbons (Fsp3) is 0.600. The SMILES string of the molecule is CNCc1cc(C)ccc1N1CCCCC1C. The second-order valence-corrected chi connectivity index (χ2v) is 5.20. The molecule has 17 heavy (non-hydrogen) atoms. The summed E-state index contributed by atoms with van der Waals surface area (Å²) in [7, 11) is 2.02. The Morgan fingerprint density at radius 3 is 2.88 bits per heavy atom. The van der Waals surface area contributed by atoms with Crippen molar-refractivity contribution in [2.45, 2.75) is 45.7 Å². The molecule has 2 nitrogen and oxygen atoms in total. The van der Waals surface area contributed by atoms with Gasteiger partial charge in [0.1, 0.15) is 0 Å². The standard InChI is InChI=1S/C15H24N2/c1-12-7-8-15(14(10-12)11-16-3)17-9-5-4-6-13(17)2/h7-8,10,13,16H,4-6,9,11H2,1-3H3. The van der Waals surface area contributed by atoms with Crippen molar-refractivity contribution in [3.63, 3.8) is 0 Å². The molecule has 1 aliphatic heterocycles. The molecule has 1 aliphatic rings. The molecule has 0 aromatic heterocycles. The van der Waals surface area contributed by atoms with Crippen LogP contribution in [-0.4, -0.2) is 19.6 Å². The number of aryl methyl sites for hydroxylation is 1. The summed E-state index contributed by atoms with van der Waals surface area (Å²) in [5.74, 6) is 0. The van der Waals surface area contributed by atoms with Crippen LogP contribution in [0, 0.1) is 6.92 Å². The largest absolute Gasteiger partial charge is 0.369 e. The molecule has 1 saturated heterocycles. The topological polar surface area (TPSA) is 15.3 Å². The van der Waals surface area contributed by atoms with Gasteiger partial charge in [-0.05, 0) is 51.8 Å². The maximum absolute atomic E-state index is 3.28. The fourth-order valence-electron chi connectivity index (χ4n) is 2.78. The van der Waals surface area contributed by atoms with Gasteiger partial charge in [0.15, 0.2) is 0 Å². The quantitative estimate of drug-likeness (QED) is 0.861. The highest BCUT2D eigenvalue weighted by Gasteiger charge is 2.20. The van der Waals surface area contributed by atoms with Gasteiger partial charge in [0.25, 0.3) is 0 Å². The Balaban J connectivity index is 2.29.